The SMILES string of the molecule is CCCCCN1C(=O)/C(=C\c2c(NCCc3ccccc3)nc3ccc(C)cn3c2=O)SC1=S. The predicted molar refractivity (Wildman–Crippen MR) is 144 cm³/mol. The smallest absolute Gasteiger partial charge is 0.267 e. The van der Waals surface area contributed by atoms with Crippen molar-refractivity contribution < 1.29 is 4.79 Å². The van der Waals surface area contributed by atoms with Crippen LogP contribution in [0.25, 0.3) is 11.7 Å². The van der Waals surface area contributed by atoms with E-state index >= 15 is 0 Å². The number of thiocarbonyl (C=S) groups is 1. The molecule has 1 saturated heterocycles. The summed E-state index contributed by atoms with van der Waals surface area (Å²) in [6.45, 7) is 5.26. The zero-order valence-electron chi connectivity index (χ0n) is 19.4. The Labute approximate surface area is 209 Å². The van der Waals surface area contributed by atoms with Crippen molar-refractivity contribution in [1.82, 2.24) is 14.3 Å². The molecule has 1 aliphatic rings. The monoisotopic (exact) mass is 492 g/mol. The molecule has 176 valence electrons. The Balaban J connectivity index is 1.67. The summed E-state index contributed by atoms with van der Waals surface area (Å²) in [6, 6.07) is 13.9. The average molecular weight is 493 g/mol. The van der Waals surface area contributed by atoms with Crippen molar-refractivity contribution in [2.45, 2.75) is 39.5 Å². The number of nitrogens with zero attached hydrogens (tertiary/aromatic N) is 3. The van der Waals surface area contributed by atoms with Crippen LogP contribution in [0.1, 0.15) is 42.9 Å². The van der Waals surface area contributed by atoms with Gasteiger partial charge in [0, 0.05) is 19.3 Å². The number of benzene rings is 1. The lowest BCUT2D eigenvalue weighted by Gasteiger charge is -2.14. The molecule has 0 atom stereocenters. The van der Waals surface area contributed by atoms with Crippen LogP contribution in [0.3, 0.4) is 0 Å². The van der Waals surface area contributed by atoms with Crippen LogP contribution in [0.15, 0.2) is 58.4 Å². The lowest BCUT2D eigenvalue weighted by Crippen LogP contribution is -2.29. The maximum Gasteiger partial charge on any atom is 0.267 e. The van der Waals surface area contributed by atoms with Gasteiger partial charge < -0.3 is 5.32 Å². The molecule has 0 spiro atoms. The maximum absolute atomic E-state index is 13.5. The third kappa shape index (κ3) is 5.39. The second-order valence-corrected chi connectivity index (χ2v) is 9.99. The van der Waals surface area contributed by atoms with Gasteiger partial charge in [0.05, 0.1) is 10.5 Å². The number of pyridine rings is 1. The Bertz CT molecular complexity index is 1300. The normalized spacial score (nSPS) is 15.0. The van der Waals surface area contributed by atoms with E-state index in [1.807, 2.05) is 37.3 Å². The second-order valence-electron chi connectivity index (χ2n) is 8.32. The Kier molecular flexibility index (Phi) is 7.80. The summed E-state index contributed by atoms with van der Waals surface area (Å²) in [5.41, 5.74) is 2.85. The summed E-state index contributed by atoms with van der Waals surface area (Å²) in [7, 11) is 0. The van der Waals surface area contributed by atoms with Crippen molar-refractivity contribution >= 4 is 51.7 Å². The van der Waals surface area contributed by atoms with Crippen LogP contribution in [0.2, 0.25) is 0 Å². The Hall–Kier alpha value is -2.97. The van der Waals surface area contributed by atoms with Gasteiger partial charge in [-0.25, -0.2) is 4.98 Å². The highest BCUT2D eigenvalue weighted by Crippen LogP contribution is 2.33. The predicted octanol–water partition coefficient (Wildman–Crippen LogP) is 5.05. The van der Waals surface area contributed by atoms with Crippen LogP contribution in [-0.2, 0) is 11.2 Å². The largest absolute Gasteiger partial charge is 0.369 e. The van der Waals surface area contributed by atoms with Crippen molar-refractivity contribution in [3.8, 4) is 0 Å². The standard InChI is InChI=1S/C26H28N4O2S2/c1-3-4-8-15-29-25(32)21(34-26(29)33)16-20-23(27-14-13-19-9-6-5-7-10-19)28-22-12-11-18(2)17-30(22)24(20)31/h5-7,9-12,16-17,27H,3-4,8,13-15H2,1-2H3/b21-16+. The fourth-order valence-corrected chi connectivity index (χ4v) is 5.13. The number of carbonyl (C=O) groups is 1. The highest BCUT2D eigenvalue weighted by molar-refractivity contribution is 8.26. The molecule has 0 radical (unpaired) electrons. The van der Waals surface area contributed by atoms with Crippen LogP contribution in [-0.4, -0.2) is 37.6 Å². The van der Waals surface area contributed by atoms with E-state index in [1.54, 1.807) is 17.2 Å². The van der Waals surface area contributed by atoms with Gasteiger partial charge in [-0.05, 0) is 43.0 Å². The lowest BCUT2D eigenvalue weighted by atomic mass is 10.1. The number of aryl methyl sites for hydroxylation is 1. The minimum atomic E-state index is -0.216. The number of amides is 1. The molecule has 0 aliphatic carbocycles. The van der Waals surface area contributed by atoms with Crippen molar-refractivity contribution in [3.63, 3.8) is 0 Å². The molecule has 8 heteroatoms. The average Bonchev–Trinajstić information content (AvgIpc) is 3.10. The number of hydrogen-bond donors (Lipinski definition) is 1. The lowest BCUT2D eigenvalue weighted by molar-refractivity contribution is -0.122. The van der Waals surface area contributed by atoms with Crippen molar-refractivity contribution in [2.24, 2.45) is 0 Å². The number of unbranched alkanes of at least 4 members (excludes halogenated alkanes) is 2. The summed E-state index contributed by atoms with van der Waals surface area (Å²) >= 11 is 6.70. The first-order valence-corrected chi connectivity index (χ1v) is 12.8. The molecule has 1 fully saturated rings. The number of rotatable bonds is 9. The molecule has 3 aromatic rings. The molecule has 1 amide bonds. The van der Waals surface area contributed by atoms with Gasteiger partial charge in [-0.15, -0.1) is 0 Å². The van der Waals surface area contributed by atoms with Gasteiger partial charge in [0.25, 0.3) is 11.5 Å². The van der Waals surface area contributed by atoms with E-state index in [0.29, 0.717) is 39.3 Å². The first-order valence-electron chi connectivity index (χ1n) is 11.5. The number of fused-ring (bicyclic) bond motifs is 1. The topological polar surface area (TPSA) is 66.7 Å². The summed E-state index contributed by atoms with van der Waals surface area (Å²) in [4.78, 5) is 33.3. The summed E-state index contributed by atoms with van der Waals surface area (Å²) in [5.74, 6) is 0.330. The molecule has 1 aliphatic heterocycles. The molecule has 2 aromatic heterocycles. The first kappa shape index (κ1) is 24.2. The van der Waals surface area contributed by atoms with E-state index < -0.39 is 0 Å². The van der Waals surface area contributed by atoms with Gasteiger partial charge in [0.1, 0.15) is 15.8 Å². The van der Waals surface area contributed by atoms with Crippen molar-refractivity contribution in [2.75, 3.05) is 18.4 Å². The molecule has 1 N–H and O–H groups in total. The molecular formula is C26H28N4O2S2. The summed E-state index contributed by atoms with van der Waals surface area (Å²) < 4.78 is 2.07. The first-order chi connectivity index (χ1) is 16.5. The fourth-order valence-electron chi connectivity index (χ4n) is 3.84. The Morgan fingerprint density at radius 2 is 1.91 bits per heavy atom. The van der Waals surface area contributed by atoms with Crippen molar-refractivity contribution in [1.29, 1.82) is 0 Å². The van der Waals surface area contributed by atoms with Crippen molar-refractivity contribution in [3.05, 3.63) is 80.6 Å². The van der Waals surface area contributed by atoms with Gasteiger partial charge in [0.2, 0.25) is 0 Å². The molecule has 34 heavy (non-hydrogen) atoms. The molecule has 3 heterocycles. The molecule has 6 nitrogen and oxygen atoms in total. The van der Waals surface area contributed by atoms with E-state index in [-0.39, 0.29) is 11.5 Å². The maximum atomic E-state index is 13.5. The number of carbonyl (C=O) groups excluding carboxylic acids is 1. The highest BCUT2D eigenvalue weighted by atomic mass is 32.2. The van der Waals surface area contributed by atoms with Crippen LogP contribution >= 0.6 is 24.0 Å². The highest BCUT2D eigenvalue weighted by Gasteiger charge is 2.32. The fraction of sp³-hybridized carbons (Fsp3) is 0.308. The number of hydrogen-bond acceptors (Lipinski definition) is 6. The number of anilines is 1. The minimum absolute atomic E-state index is 0.143. The van der Waals surface area contributed by atoms with E-state index in [0.717, 1.165) is 31.2 Å². The van der Waals surface area contributed by atoms with Crippen LogP contribution in [0.5, 0.6) is 0 Å². The zero-order chi connectivity index (χ0) is 24.1. The van der Waals surface area contributed by atoms with Gasteiger partial charge in [-0.3, -0.25) is 18.9 Å². The number of nitrogens with one attached hydrogen (secondary N) is 1. The number of aromatic nitrogens is 2. The van der Waals surface area contributed by atoms with Crippen LogP contribution in [0.4, 0.5) is 5.82 Å². The Morgan fingerprint density at radius 3 is 2.68 bits per heavy atom. The molecular weight excluding hydrogens is 464 g/mol. The van der Waals surface area contributed by atoms with Gasteiger partial charge in [0.15, 0.2) is 0 Å². The molecule has 0 bridgehead atoms. The number of thioether (sulfide) groups is 1. The van der Waals surface area contributed by atoms with Crippen LogP contribution < -0.4 is 10.9 Å². The second kappa shape index (κ2) is 11.0. The minimum Gasteiger partial charge on any atom is -0.369 e. The summed E-state index contributed by atoms with van der Waals surface area (Å²) in [5, 5.41) is 3.33. The molecule has 0 unspecified atom stereocenters. The molecule has 1 aromatic carbocycles. The zero-order valence-corrected chi connectivity index (χ0v) is 21.0. The third-order valence-electron chi connectivity index (χ3n) is 5.69. The van der Waals surface area contributed by atoms with E-state index in [1.165, 1.54) is 21.7 Å². The van der Waals surface area contributed by atoms with E-state index in [9.17, 15) is 9.59 Å². The van der Waals surface area contributed by atoms with Gasteiger partial charge >= 0.3 is 0 Å². The quantitative estimate of drug-likeness (QED) is 0.256. The van der Waals surface area contributed by atoms with E-state index in [4.69, 9.17) is 17.2 Å². The third-order valence-corrected chi connectivity index (χ3v) is 7.07. The Morgan fingerprint density at radius 1 is 1.12 bits per heavy atom. The van der Waals surface area contributed by atoms with Gasteiger partial charge in [-0.2, -0.15) is 0 Å². The van der Waals surface area contributed by atoms with Crippen LogP contribution in [0, 0.1) is 6.92 Å². The van der Waals surface area contributed by atoms with E-state index in [2.05, 4.69) is 24.4 Å². The molecule has 0 saturated carbocycles. The van der Waals surface area contributed by atoms with Gasteiger partial charge in [-0.1, -0.05) is 80.1 Å². The molecule has 4 rings (SSSR count). The summed E-state index contributed by atoms with van der Waals surface area (Å²) in [6.07, 6.45) is 7.22.